The molecule has 62 nitrogen and oxygen atoms in total. The van der Waals surface area contributed by atoms with E-state index in [1.165, 1.54) is 82.6 Å². The SMILES string of the molecule is COP([O-])(=S)OC1C[C@H](n2cnc3c(=O)[nH]c(N)nc32)O[C@@H]1COP([O-])(=S)OC1C[C@H](n2cnc3c(N)ncnc32)O[C@@H]1COP([O-])(=S)OC1C[C@H](n2cc(C)c(N)nc2=O)O[C@@H]1COP([O-])(=S)OC1C[C@H](n2cc(C)c(=O)[nH]c2=O)O[C@@H]1COP(=O)([S-])OC1C[C@H](n2cnc3c(N)ncnc32)O[C@@H]1COP([O-])(=S)OC1C[C@H](n2cnc3c(N)ncnc32)O[C@@H]1COP([O-])(=S)OC1C[C@H](n2cnc3c(N)ncnc32)O[C@@H]1C. The summed E-state index contributed by atoms with van der Waals surface area (Å²) in [5.41, 5.74) is 34.9. The van der Waals surface area contributed by atoms with Crippen LogP contribution in [-0.4, -0.2) is 249 Å². The number of imidazole rings is 5. The fourth-order valence-corrected chi connectivity index (χ4v) is 27.1. The Labute approximate surface area is 860 Å². The van der Waals surface area contributed by atoms with Gasteiger partial charge in [0, 0.05) is 75.6 Å². The van der Waals surface area contributed by atoms with E-state index in [4.69, 9.17) is 214 Å². The molecule has 76 heteroatoms. The van der Waals surface area contributed by atoms with E-state index in [0.29, 0.717) is 16.7 Å². The number of nitrogens with one attached hydrogen (secondary N) is 2. The van der Waals surface area contributed by atoms with E-state index in [1.807, 2.05) is 0 Å². The molecule has 794 valence electrons. The zero-order chi connectivity index (χ0) is 104. The minimum Gasteiger partial charge on any atom is -0.780 e. The first-order valence-electron chi connectivity index (χ1n) is 43.7. The largest absolute Gasteiger partial charge is 0.780 e. The lowest BCUT2D eigenvalue weighted by Gasteiger charge is -2.36. The van der Waals surface area contributed by atoms with Crippen LogP contribution in [0.4, 0.5) is 35.0 Å². The zero-order valence-electron chi connectivity index (χ0n) is 76.0. The predicted octanol–water partition coefficient (Wildman–Crippen LogP) is -1.97. The van der Waals surface area contributed by atoms with Crippen molar-refractivity contribution in [3.05, 3.63) is 122 Å². The van der Waals surface area contributed by atoms with Crippen LogP contribution >= 0.6 is 47.1 Å². The molecule has 0 amide bonds. The minimum absolute atomic E-state index is 0.00862. The van der Waals surface area contributed by atoms with Crippen LogP contribution in [0.3, 0.4) is 0 Å². The van der Waals surface area contributed by atoms with Gasteiger partial charge in [-0.15, -0.1) is 0 Å². The Morgan fingerprint density at radius 2 is 0.653 bits per heavy atom. The summed E-state index contributed by atoms with van der Waals surface area (Å²) < 4.78 is 151. The van der Waals surface area contributed by atoms with Crippen molar-refractivity contribution in [2.75, 3.05) is 81.2 Å². The Morgan fingerprint density at radius 1 is 0.361 bits per heavy atom. The molecule has 12 aromatic rings. The fraction of sp³-hybridized carbons (Fsp3) is 0.535. The van der Waals surface area contributed by atoms with Gasteiger partial charge in [0.15, 0.2) is 63.8 Å². The third kappa shape index (κ3) is 24.0. The Morgan fingerprint density at radius 3 is 1.01 bits per heavy atom. The Hall–Kier alpha value is -7.69. The fourth-order valence-electron chi connectivity index (χ4n) is 17.3. The number of nitrogens with two attached hydrogens (primary N) is 6. The van der Waals surface area contributed by atoms with Crippen molar-refractivity contribution in [3.8, 4) is 0 Å². The number of aromatic amines is 2. The maximum absolute atomic E-state index is 15.0. The molecule has 14 N–H and O–H groups in total. The van der Waals surface area contributed by atoms with Gasteiger partial charge in [0.25, 0.3) is 11.1 Å². The summed E-state index contributed by atoms with van der Waals surface area (Å²) in [5, 5.41) is 0. The smallest absolute Gasteiger partial charge is 0.351 e. The maximum Gasteiger partial charge on any atom is 0.351 e. The molecule has 0 spiro atoms. The highest BCUT2D eigenvalue weighted by atomic mass is 32.7. The number of anilines is 6. The molecule has 0 aromatic carbocycles. The summed E-state index contributed by atoms with van der Waals surface area (Å²) in [6.07, 6.45) is -14.8. The van der Waals surface area contributed by atoms with Gasteiger partial charge in [-0.1, -0.05) is 70.8 Å². The number of aryl methyl sites for hydroxylation is 2. The average Bonchev–Trinajstić information content (AvgIpc) is 1.63. The number of hydrogen-bond acceptors (Lipinski definition) is 60. The highest BCUT2D eigenvalue weighted by Crippen LogP contribution is 2.57. The van der Waals surface area contributed by atoms with Crippen molar-refractivity contribution < 1.29 is 130 Å². The maximum atomic E-state index is 15.0. The van der Waals surface area contributed by atoms with Crippen molar-refractivity contribution in [3.63, 3.8) is 0 Å². The van der Waals surface area contributed by atoms with E-state index in [2.05, 4.69) is 84.7 Å². The molecule has 19 rings (SSSR count). The van der Waals surface area contributed by atoms with Gasteiger partial charge in [0.1, 0.15) is 174 Å². The average molecular weight is 2310 g/mol. The van der Waals surface area contributed by atoms with Crippen LogP contribution in [0.15, 0.2) is 88.5 Å². The van der Waals surface area contributed by atoms with Crippen molar-refractivity contribution in [2.45, 2.75) is 195 Å². The first-order chi connectivity index (χ1) is 69.6. The number of fused-ring (bicyclic) bond motifs is 5. The molecular formula is C71H84N30O32P7S7-7. The number of ether oxygens (including phenoxy) is 7. The van der Waals surface area contributed by atoms with Crippen LogP contribution in [0.1, 0.15) is 107 Å². The lowest BCUT2D eigenvalue weighted by molar-refractivity contribution is -0.222. The predicted molar refractivity (Wildman–Crippen MR) is 518 cm³/mol. The lowest BCUT2D eigenvalue weighted by Crippen LogP contribution is -2.34. The number of aromatic nitrogens is 24. The molecule has 0 saturated carbocycles. The minimum atomic E-state index is -5.04. The van der Waals surface area contributed by atoms with Gasteiger partial charge in [-0.3, -0.25) is 56.1 Å². The van der Waals surface area contributed by atoms with E-state index >= 15 is 9.46 Å². The third-order valence-corrected chi connectivity index (χ3v) is 35.5. The van der Waals surface area contributed by atoms with Crippen molar-refractivity contribution in [1.29, 1.82) is 0 Å². The molecule has 14 unspecified atom stereocenters. The van der Waals surface area contributed by atoms with Crippen LogP contribution in [0.5, 0.6) is 0 Å². The number of nitrogens with zero attached hydrogens (tertiary/aromatic N) is 22. The molecular weight excluding hydrogens is 2230 g/mol. The second kappa shape index (κ2) is 43.0. The summed E-state index contributed by atoms with van der Waals surface area (Å²) in [7, 11) is 1.05. The van der Waals surface area contributed by atoms with E-state index < -0.39 is 251 Å². The standard InChI is InChI=1S/C71H91N30O32P7S7/c1-29-12-95(70(104)91-57(29)72)45-6-34(129-137(109,144)118-18-43-37(10-49(124-43)99-26-88-54-60(75)80-22-84-64(54)99)132-138(110,145)115-14-39-33(128-134(106,141)113-4)8-51(126-39)101-28-90-56-66(101)92-69(77)93-68(56)103)40(121-45)15-116-136(108,143)130-35-7-46(96-13-30(2)67(102)94-71(96)105)122-41(35)16-117-139(111,146)133-38-11-50(100-27-89-55-61(76)81-23-85-65(55)100)125-44(38)19-119-140(112,147)131-36-9-48(98-25-87-53-59(74)79-21-83-63(53)98)123-42(36)17-114-135(107,142)127-32-5-47(120-31(32)3)97-24-86-52-58(73)78-20-82-62(52)97/h12-13,20-28,31-51H,5-11,14-19H2,1-4H3,(H,106,141)(H,107,142)(H,108,143)(H,109,144)(H,110,145)(H,111,146)(H,112,147)(H2,72,91,104)(H2,73,78,82)(H2,74,79,83)(H2,75,80,84)(H2,76,81,85)(H,94,102,105)(H3,77,92,93,103)/p-7/t31-,32?,33?,34?,35?,36?,37?,38?,39-,40-,41-,42-,43-,44-,45-,46-,47-,48-,49-,50-,51-,134?,135?,136?,137?,138?,139?,140?/m1/s1. The first kappa shape index (κ1) is 108. The molecule has 7 aliphatic heterocycles. The van der Waals surface area contributed by atoms with Gasteiger partial charge in [-0.05, 0) is 20.8 Å². The summed E-state index contributed by atoms with van der Waals surface area (Å²) >= 11 is 38.3. The van der Waals surface area contributed by atoms with Gasteiger partial charge < -0.3 is 173 Å². The van der Waals surface area contributed by atoms with E-state index in [0.717, 1.165) is 35.1 Å². The zero-order valence-corrected chi connectivity index (χ0v) is 88.0. The topological polar surface area (TPSA) is 833 Å². The van der Waals surface area contributed by atoms with Gasteiger partial charge >= 0.3 is 11.4 Å². The highest BCUT2D eigenvalue weighted by Gasteiger charge is 2.50. The van der Waals surface area contributed by atoms with Crippen LogP contribution in [-0.2, 0) is 184 Å². The van der Waals surface area contributed by atoms with Gasteiger partial charge in [-0.25, -0.2) is 74.4 Å². The molecule has 12 aromatic heterocycles. The van der Waals surface area contributed by atoms with Crippen molar-refractivity contribution in [2.24, 2.45) is 0 Å². The number of nitrogen functional groups attached to an aromatic ring is 6. The molecule has 0 radical (unpaired) electrons. The van der Waals surface area contributed by atoms with Gasteiger partial charge in [-0.2, -0.15) is 9.97 Å². The van der Waals surface area contributed by atoms with Crippen LogP contribution < -0.4 is 86.3 Å². The Bertz CT molecular complexity index is 7660. The second-order valence-electron chi connectivity index (χ2n) is 33.9. The molecule has 147 heavy (non-hydrogen) atoms. The van der Waals surface area contributed by atoms with Crippen LogP contribution in [0.25, 0.3) is 55.8 Å². The lowest BCUT2D eigenvalue weighted by atomic mass is 10.2. The summed E-state index contributed by atoms with van der Waals surface area (Å²) in [6.45, 7) is -33.6. The molecule has 28 atom stereocenters. The molecule has 0 aliphatic carbocycles. The number of hydrogen-bond donors (Lipinski definition) is 8. The van der Waals surface area contributed by atoms with E-state index in [1.54, 1.807) is 11.5 Å². The molecule has 7 saturated heterocycles. The summed E-state index contributed by atoms with van der Waals surface area (Å²) in [5.74, 6) is -0.264. The quantitative estimate of drug-likeness (QED) is 0.0153. The van der Waals surface area contributed by atoms with Crippen LogP contribution in [0, 0.1) is 13.8 Å². The monoisotopic (exact) mass is 2310 g/mol. The number of rotatable bonds is 40. The molecule has 19 heterocycles. The Kier molecular flexibility index (Phi) is 31.5. The van der Waals surface area contributed by atoms with Gasteiger partial charge in [0.05, 0.1) is 120 Å². The molecule has 7 aliphatic rings. The summed E-state index contributed by atoms with van der Waals surface area (Å²) in [6, 6.07) is 0. The molecule has 0 bridgehead atoms. The van der Waals surface area contributed by atoms with Crippen molar-refractivity contribution >= 4 is 221 Å². The van der Waals surface area contributed by atoms with Crippen LogP contribution in [0.2, 0.25) is 0 Å². The first-order valence-corrected chi connectivity index (χ1v) is 61.6. The normalized spacial score (nSPS) is 29.4. The molecule has 7 fully saturated rings. The Balaban J connectivity index is 0.534. The van der Waals surface area contributed by atoms with E-state index in [9.17, 15) is 43.6 Å². The second-order valence-corrected chi connectivity index (χ2v) is 52.9. The number of H-pyrrole nitrogens is 2. The third-order valence-electron chi connectivity index (χ3n) is 24.4. The van der Waals surface area contributed by atoms with Gasteiger partial charge in [0.2, 0.25) is 5.95 Å². The summed E-state index contributed by atoms with van der Waals surface area (Å²) in [4.78, 5) is 207. The highest BCUT2D eigenvalue weighted by molar-refractivity contribution is 8.32. The van der Waals surface area contributed by atoms with Crippen molar-refractivity contribution in [1.82, 2.24) is 117 Å². The van der Waals surface area contributed by atoms with E-state index in [-0.39, 0.29) is 117 Å².